The first-order chi connectivity index (χ1) is 14.4. The van der Waals surface area contributed by atoms with Crippen molar-refractivity contribution in [3.8, 4) is 0 Å². The predicted molar refractivity (Wildman–Crippen MR) is 112 cm³/mol. The molecule has 0 aliphatic carbocycles. The Morgan fingerprint density at radius 1 is 1.27 bits per heavy atom. The van der Waals surface area contributed by atoms with Crippen LogP contribution in [0.4, 0.5) is 0 Å². The molecule has 2 aromatic rings. The molecule has 0 spiro atoms. The third kappa shape index (κ3) is 4.79. The van der Waals surface area contributed by atoms with Gasteiger partial charge in [0.2, 0.25) is 10.0 Å². The van der Waals surface area contributed by atoms with E-state index in [0.29, 0.717) is 30.3 Å². The number of hydrogen-bond donors (Lipinski definition) is 1. The number of sulfonamides is 1. The van der Waals surface area contributed by atoms with Crippen molar-refractivity contribution >= 4 is 44.7 Å². The molecule has 2 heterocycles. The summed E-state index contributed by atoms with van der Waals surface area (Å²) in [6, 6.07) is 3.83. The molecule has 1 aromatic heterocycles. The van der Waals surface area contributed by atoms with E-state index in [2.05, 4.69) is 14.1 Å². The lowest BCUT2D eigenvalue weighted by molar-refractivity contribution is -0.153. The summed E-state index contributed by atoms with van der Waals surface area (Å²) in [5.41, 5.74) is 0.792. The van der Waals surface area contributed by atoms with Crippen molar-refractivity contribution in [1.29, 1.82) is 0 Å². The Morgan fingerprint density at radius 3 is 2.77 bits per heavy atom. The fourth-order valence-electron chi connectivity index (χ4n) is 3.54. The van der Waals surface area contributed by atoms with Crippen molar-refractivity contribution in [2.45, 2.75) is 62.9 Å². The minimum absolute atomic E-state index is 0.0231. The molecule has 1 atom stereocenters. The van der Waals surface area contributed by atoms with Gasteiger partial charge in [-0.05, 0) is 44.2 Å². The van der Waals surface area contributed by atoms with Crippen LogP contribution in [0.1, 0.15) is 46.0 Å². The zero-order valence-electron chi connectivity index (χ0n) is 17.0. The van der Waals surface area contributed by atoms with E-state index in [1.165, 1.54) is 10.4 Å². The zero-order valence-corrected chi connectivity index (χ0v) is 18.7. The van der Waals surface area contributed by atoms with Gasteiger partial charge in [-0.1, -0.05) is 19.9 Å². The lowest BCUT2D eigenvalue weighted by Gasteiger charge is -2.33. The summed E-state index contributed by atoms with van der Waals surface area (Å²) in [5.74, 6) is -1.10. The number of rotatable bonds is 8. The van der Waals surface area contributed by atoms with Crippen LogP contribution < -0.4 is 5.32 Å². The predicted octanol–water partition coefficient (Wildman–Crippen LogP) is 2.08. The average Bonchev–Trinajstić information content (AvgIpc) is 3.24. The summed E-state index contributed by atoms with van der Waals surface area (Å²) in [5, 5.41) is 2.80. The molecule has 0 radical (unpaired) electrons. The normalized spacial score (nSPS) is 17.9. The van der Waals surface area contributed by atoms with Gasteiger partial charge in [-0.25, -0.2) is 8.42 Å². The van der Waals surface area contributed by atoms with Gasteiger partial charge in [0.1, 0.15) is 22.0 Å². The van der Waals surface area contributed by atoms with Crippen LogP contribution in [0.2, 0.25) is 0 Å². The first-order valence-corrected chi connectivity index (χ1v) is 12.2. The van der Waals surface area contributed by atoms with Gasteiger partial charge in [-0.3, -0.25) is 9.59 Å². The molecule has 1 amide bonds. The maximum atomic E-state index is 13.4. The molecule has 164 valence electrons. The molecule has 9 nitrogen and oxygen atoms in total. The molecule has 0 unspecified atom stereocenters. The van der Waals surface area contributed by atoms with Crippen molar-refractivity contribution in [3.05, 3.63) is 18.2 Å². The first kappa shape index (κ1) is 22.6. The third-order valence-electron chi connectivity index (χ3n) is 5.26. The highest BCUT2D eigenvalue weighted by Crippen LogP contribution is 2.29. The Hall–Kier alpha value is -2.11. The summed E-state index contributed by atoms with van der Waals surface area (Å²) in [6.07, 6.45) is 3.25. The maximum absolute atomic E-state index is 13.4. The number of carbonyl (C=O) groups is 2. The molecule has 30 heavy (non-hydrogen) atoms. The number of nitrogens with one attached hydrogen (secondary N) is 1. The summed E-state index contributed by atoms with van der Waals surface area (Å²) < 4.78 is 41.3. The van der Waals surface area contributed by atoms with E-state index in [1.54, 1.807) is 12.1 Å². The Morgan fingerprint density at radius 2 is 2.03 bits per heavy atom. The summed E-state index contributed by atoms with van der Waals surface area (Å²) in [4.78, 5) is 24.8. The van der Waals surface area contributed by atoms with E-state index < -0.39 is 28.6 Å². The number of amides is 1. The molecule has 1 aliphatic rings. The van der Waals surface area contributed by atoms with E-state index in [-0.39, 0.29) is 23.4 Å². The molecule has 3 rings (SSSR count). The number of ether oxygens (including phenoxy) is 1. The molecule has 1 aromatic carbocycles. The van der Waals surface area contributed by atoms with Crippen LogP contribution in [-0.2, 0) is 24.3 Å². The van der Waals surface area contributed by atoms with Crippen LogP contribution in [-0.4, -0.2) is 58.6 Å². The van der Waals surface area contributed by atoms with Crippen LogP contribution in [0.5, 0.6) is 0 Å². The molecule has 0 saturated carbocycles. The third-order valence-corrected chi connectivity index (χ3v) is 7.74. The quantitative estimate of drug-likeness (QED) is 0.607. The van der Waals surface area contributed by atoms with E-state index in [4.69, 9.17) is 4.74 Å². The van der Waals surface area contributed by atoms with Gasteiger partial charge in [0.15, 0.2) is 6.61 Å². The van der Waals surface area contributed by atoms with Crippen LogP contribution in [0.3, 0.4) is 0 Å². The fourth-order valence-corrected chi connectivity index (χ4v) is 5.94. The average molecular weight is 455 g/mol. The largest absolute Gasteiger partial charge is 0.454 e. The minimum atomic E-state index is -3.98. The monoisotopic (exact) mass is 454 g/mol. The van der Waals surface area contributed by atoms with Crippen LogP contribution in [0, 0.1) is 0 Å². The van der Waals surface area contributed by atoms with E-state index >= 15 is 0 Å². The summed E-state index contributed by atoms with van der Waals surface area (Å²) in [7, 11) is -3.98. The minimum Gasteiger partial charge on any atom is -0.454 e. The highest BCUT2D eigenvalue weighted by molar-refractivity contribution is 7.89. The number of carbonyl (C=O) groups excluding carboxylic acids is 2. The molecule has 1 N–H and O–H groups in total. The maximum Gasteiger partial charge on any atom is 0.324 e. The van der Waals surface area contributed by atoms with Gasteiger partial charge < -0.3 is 10.1 Å². The lowest BCUT2D eigenvalue weighted by atomic mass is 10.1. The number of piperidine rings is 1. The molecule has 0 bridgehead atoms. The number of esters is 1. The number of hydrogen-bond acceptors (Lipinski definition) is 8. The van der Waals surface area contributed by atoms with Gasteiger partial charge in [-0.15, -0.1) is 0 Å². The summed E-state index contributed by atoms with van der Waals surface area (Å²) in [6.45, 7) is 3.70. The van der Waals surface area contributed by atoms with E-state index in [1.807, 2.05) is 13.8 Å². The zero-order chi connectivity index (χ0) is 21.7. The molecular weight excluding hydrogens is 428 g/mol. The number of nitrogens with zero attached hydrogens (tertiary/aromatic N) is 3. The van der Waals surface area contributed by atoms with Crippen molar-refractivity contribution in [2.24, 2.45) is 0 Å². The van der Waals surface area contributed by atoms with Crippen molar-refractivity contribution in [1.82, 2.24) is 18.4 Å². The molecule has 1 aliphatic heterocycles. The van der Waals surface area contributed by atoms with E-state index in [9.17, 15) is 18.0 Å². The Kier molecular flexibility index (Phi) is 7.37. The standard InChI is InChI=1S/C19H26N4O5S2/c1-3-13(4-2)20-17(24)12-28-19(25)15-9-5-6-11-23(15)30(26,27)16-10-7-8-14-18(16)22-29-21-14/h7-8,10,13,15H,3-6,9,11-12H2,1-2H3,(H,20,24)/t15-/m1/s1. The van der Waals surface area contributed by atoms with Gasteiger partial charge >= 0.3 is 5.97 Å². The number of fused-ring (bicyclic) bond motifs is 1. The van der Waals surface area contributed by atoms with Gasteiger partial charge in [-0.2, -0.15) is 13.1 Å². The van der Waals surface area contributed by atoms with Gasteiger partial charge in [0, 0.05) is 12.6 Å². The van der Waals surface area contributed by atoms with Crippen LogP contribution in [0.15, 0.2) is 23.1 Å². The highest BCUT2D eigenvalue weighted by atomic mass is 32.2. The second-order valence-corrected chi connectivity index (χ2v) is 9.59. The van der Waals surface area contributed by atoms with Crippen molar-refractivity contribution in [3.63, 3.8) is 0 Å². The van der Waals surface area contributed by atoms with Gasteiger partial charge in [0.25, 0.3) is 5.91 Å². The molecule has 1 fully saturated rings. The summed E-state index contributed by atoms with van der Waals surface area (Å²) >= 11 is 0.938. The lowest BCUT2D eigenvalue weighted by Crippen LogP contribution is -2.49. The number of benzene rings is 1. The first-order valence-electron chi connectivity index (χ1n) is 10.1. The van der Waals surface area contributed by atoms with Crippen LogP contribution in [0.25, 0.3) is 11.0 Å². The molecule has 1 saturated heterocycles. The smallest absolute Gasteiger partial charge is 0.324 e. The molecular formula is C19H26N4O5S2. The Balaban J connectivity index is 1.75. The van der Waals surface area contributed by atoms with Crippen LogP contribution >= 0.6 is 11.7 Å². The van der Waals surface area contributed by atoms with E-state index in [0.717, 1.165) is 24.6 Å². The fraction of sp³-hybridized carbons (Fsp3) is 0.579. The molecule has 11 heteroatoms. The Labute approximate surface area is 180 Å². The number of aromatic nitrogens is 2. The van der Waals surface area contributed by atoms with Gasteiger partial charge in [0.05, 0.1) is 11.7 Å². The second kappa shape index (κ2) is 9.80. The Bertz CT molecular complexity index is 1000. The second-order valence-electron chi connectivity index (χ2n) is 7.20. The van der Waals surface area contributed by atoms with Crippen molar-refractivity contribution in [2.75, 3.05) is 13.2 Å². The highest BCUT2D eigenvalue weighted by Gasteiger charge is 2.39. The van der Waals surface area contributed by atoms with Crippen molar-refractivity contribution < 1.29 is 22.7 Å². The topological polar surface area (TPSA) is 119 Å². The SMILES string of the molecule is CCC(CC)NC(=O)COC(=O)[C@H]1CCCCN1S(=O)(=O)c1cccc2nsnc12.